The van der Waals surface area contributed by atoms with Gasteiger partial charge >= 0.3 is 7.82 Å². The molecule has 0 heterocycles. The van der Waals surface area contributed by atoms with E-state index in [1.165, 1.54) is 102 Å². The molecule has 0 saturated heterocycles. The lowest BCUT2D eigenvalue weighted by Crippen LogP contribution is -2.47. The lowest BCUT2D eigenvalue weighted by Gasteiger charge is -2.29. The first-order chi connectivity index (χ1) is 17.7. The summed E-state index contributed by atoms with van der Waals surface area (Å²) in [6, 6.07) is 0. The summed E-state index contributed by atoms with van der Waals surface area (Å²) in [7, 11) is -0.0570. The number of unbranched alkanes of at least 4 members (excludes halogenated alkanes) is 17. The van der Waals surface area contributed by atoms with Crippen molar-refractivity contribution < 1.29 is 27.8 Å². The van der Waals surface area contributed by atoms with Gasteiger partial charge in [-0.15, -0.1) is 0 Å². The van der Waals surface area contributed by atoms with Crippen molar-refractivity contribution in [1.29, 1.82) is 0 Å². The third kappa shape index (κ3) is 26.7. The zero-order chi connectivity index (χ0) is 27.7. The summed E-state index contributed by atoms with van der Waals surface area (Å²) in [6.07, 6.45) is 24.8. The number of amides is 1. The van der Waals surface area contributed by atoms with E-state index < -0.39 is 7.82 Å². The Hall–Kier alpha value is -0.720. The second-order valence-electron chi connectivity index (χ2n) is 11.0. The maximum Gasteiger partial charge on any atom is 0.472 e. The molecular weight excluding hydrogens is 487 g/mol. The van der Waals surface area contributed by atoms with Gasteiger partial charge in [0.25, 0.3) is 0 Å². The topological polar surface area (TPSA) is 84.9 Å². The van der Waals surface area contributed by atoms with Crippen LogP contribution in [0.1, 0.15) is 122 Å². The molecule has 0 aliphatic heterocycles. The van der Waals surface area contributed by atoms with Gasteiger partial charge in [-0.3, -0.25) is 13.8 Å². The number of hydrogen-bond donors (Lipinski definition) is 2. The fourth-order valence-electron chi connectivity index (χ4n) is 4.29. The van der Waals surface area contributed by atoms with Crippen molar-refractivity contribution in [1.82, 2.24) is 5.32 Å². The molecule has 0 radical (unpaired) electrons. The van der Waals surface area contributed by atoms with Crippen LogP contribution in [0.4, 0.5) is 0 Å². The number of carbonyl (C=O) groups excluding carboxylic acids is 1. The fourth-order valence-corrected chi connectivity index (χ4v) is 5.04. The number of rotatable bonds is 28. The van der Waals surface area contributed by atoms with Gasteiger partial charge in [-0.1, -0.05) is 123 Å². The minimum absolute atomic E-state index is 0.120. The first-order valence-corrected chi connectivity index (χ1v) is 16.6. The van der Waals surface area contributed by atoms with Crippen LogP contribution in [0.15, 0.2) is 12.7 Å². The Morgan fingerprint density at radius 1 is 0.757 bits per heavy atom. The van der Waals surface area contributed by atoms with Gasteiger partial charge in [0.15, 0.2) is 0 Å². The predicted octanol–water partition coefficient (Wildman–Crippen LogP) is 7.54. The van der Waals surface area contributed by atoms with Crippen LogP contribution < -0.4 is 5.32 Å². The average molecular weight is 548 g/mol. The molecule has 0 aromatic heterocycles. The van der Waals surface area contributed by atoms with Crippen LogP contribution in [0.5, 0.6) is 0 Å². The smallest absolute Gasteiger partial charge is 0.347 e. The molecule has 0 aromatic rings. The molecule has 8 heteroatoms. The number of hydrogen-bond acceptors (Lipinski definition) is 4. The molecule has 0 aliphatic rings. The minimum Gasteiger partial charge on any atom is -0.347 e. The largest absolute Gasteiger partial charge is 0.472 e. The van der Waals surface area contributed by atoms with Crippen LogP contribution in [0.3, 0.4) is 0 Å². The van der Waals surface area contributed by atoms with Crippen molar-refractivity contribution in [3.8, 4) is 0 Å². The number of likely N-dealkylation sites (N-methyl/N-ethyl adjacent to an activating group) is 1. The molecule has 1 unspecified atom stereocenters. The Morgan fingerprint density at radius 3 is 1.59 bits per heavy atom. The van der Waals surface area contributed by atoms with Crippen LogP contribution in [0.2, 0.25) is 0 Å². The highest BCUT2D eigenvalue weighted by Gasteiger charge is 2.23. The lowest BCUT2D eigenvalue weighted by molar-refractivity contribution is -0.889. The Bertz CT molecular complexity index is 601. The SMILES string of the molecule is C=CC(=O)NCC[N+](C)(C)CCOP(=O)(O)OCCCCCCCCCCCCCCCCCCCC. The molecule has 0 aromatic carbocycles. The van der Waals surface area contributed by atoms with Crippen molar-refractivity contribution in [3.05, 3.63) is 12.7 Å². The Kier molecular flexibility index (Phi) is 23.9. The average Bonchev–Trinajstić information content (AvgIpc) is 2.84. The standard InChI is InChI=1S/C29H59N2O5P/c1-5-7-8-9-10-11-12-13-14-15-16-17-18-19-20-21-22-23-27-35-37(33,34)36-28-26-31(3,4)25-24-30-29(32)6-2/h6H,2,5,7-28H2,1,3-4H3,(H-,30,32,33,34)/p+1. The van der Waals surface area contributed by atoms with Crippen molar-refractivity contribution >= 4 is 13.7 Å². The van der Waals surface area contributed by atoms with E-state index in [9.17, 15) is 14.3 Å². The molecule has 37 heavy (non-hydrogen) atoms. The molecule has 0 rings (SSSR count). The third-order valence-electron chi connectivity index (χ3n) is 6.91. The highest BCUT2D eigenvalue weighted by Crippen LogP contribution is 2.43. The van der Waals surface area contributed by atoms with Crippen LogP contribution in [-0.2, 0) is 18.4 Å². The Labute approximate surface area is 229 Å². The van der Waals surface area contributed by atoms with E-state index in [2.05, 4.69) is 18.8 Å². The number of carbonyl (C=O) groups is 1. The molecule has 0 aliphatic carbocycles. The minimum atomic E-state index is -4.01. The van der Waals surface area contributed by atoms with E-state index in [4.69, 9.17) is 9.05 Å². The van der Waals surface area contributed by atoms with Crippen LogP contribution in [0, 0.1) is 0 Å². The summed E-state index contributed by atoms with van der Waals surface area (Å²) < 4.78 is 22.8. The zero-order valence-electron chi connectivity index (χ0n) is 24.5. The van der Waals surface area contributed by atoms with Gasteiger partial charge in [0.1, 0.15) is 13.2 Å². The molecule has 1 atom stereocenters. The van der Waals surface area contributed by atoms with Crippen molar-refractivity contribution in [2.45, 2.75) is 122 Å². The first-order valence-electron chi connectivity index (χ1n) is 15.1. The van der Waals surface area contributed by atoms with E-state index in [0.717, 1.165) is 19.3 Å². The molecule has 1 amide bonds. The van der Waals surface area contributed by atoms with Crippen molar-refractivity contribution in [2.75, 3.05) is 46.9 Å². The molecule has 2 N–H and O–H groups in total. The van der Waals surface area contributed by atoms with E-state index in [1.54, 1.807) is 0 Å². The zero-order valence-corrected chi connectivity index (χ0v) is 25.4. The van der Waals surface area contributed by atoms with Gasteiger partial charge < -0.3 is 14.7 Å². The summed E-state index contributed by atoms with van der Waals surface area (Å²) in [4.78, 5) is 21.1. The second kappa shape index (κ2) is 24.3. The van der Waals surface area contributed by atoms with E-state index >= 15 is 0 Å². The lowest BCUT2D eigenvalue weighted by atomic mass is 10.0. The molecule has 0 saturated carbocycles. The van der Waals surface area contributed by atoms with Gasteiger partial charge in [-0.25, -0.2) is 4.57 Å². The van der Waals surface area contributed by atoms with Crippen LogP contribution >= 0.6 is 7.82 Å². The number of phosphoric ester groups is 1. The van der Waals surface area contributed by atoms with E-state index in [1.807, 2.05) is 14.1 Å². The van der Waals surface area contributed by atoms with E-state index in [-0.39, 0.29) is 19.1 Å². The predicted molar refractivity (Wildman–Crippen MR) is 156 cm³/mol. The number of nitrogens with one attached hydrogen (secondary N) is 1. The summed E-state index contributed by atoms with van der Waals surface area (Å²) in [5.41, 5.74) is 0. The monoisotopic (exact) mass is 547 g/mol. The molecule has 0 bridgehead atoms. The highest BCUT2D eigenvalue weighted by atomic mass is 31.2. The third-order valence-corrected chi connectivity index (χ3v) is 7.92. The Balaban J connectivity index is 3.47. The van der Waals surface area contributed by atoms with Gasteiger partial charge in [0.05, 0.1) is 33.8 Å². The maximum absolute atomic E-state index is 12.1. The quantitative estimate of drug-likeness (QED) is 0.0457. The van der Waals surface area contributed by atoms with Crippen LogP contribution in [0.25, 0.3) is 0 Å². The van der Waals surface area contributed by atoms with Gasteiger partial charge in [-0.05, 0) is 12.5 Å². The summed E-state index contributed by atoms with van der Waals surface area (Å²) in [5, 5.41) is 2.73. The summed E-state index contributed by atoms with van der Waals surface area (Å²) in [5.74, 6) is -0.205. The summed E-state index contributed by atoms with van der Waals surface area (Å²) >= 11 is 0. The second-order valence-corrected chi connectivity index (χ2v) is 12.5. The number of phosphoric acid groups is 1. The molecule has 7 nitrogen and oxygen atoms in total. The Morgan fingerprint density at radius 2 is 1.16 bits per heavy atom. The van der Waals surface area contributed by atoms with Crippen molar-refractivity contribution in [2.24, 2.45) is 0 Å². The van der Waals surface area contributed by atoms with Gasteiger partial charge in [-0.2, -0.15) is 0 Å². The normalized spacial score (nSPS) is 13.4. The molecule has 0 fully saturated rings. The fraction of sp³-hybridized carbons (Fsp3) is 0.897. The summed E-state index contributed by atoms with van der Waals surface area (Å²) in [6.45, 7) is 7.79. The van der Waals surface area contributed by atoms with Gasteiger partial charge in [0, 0.05) is 0 Å². The maximum atomic E-state index is 12.1. The highest BCUT2D eigenvalue weighted by molar-refractivity contribution is 7.47. The van der Waals surface area contributed by atoms with E-state index in [0.29, 0.717) is 24.1 Å². The molecule has 0 spiro atoms. The first kappa shape index (κ1) is 36.3. The van der Waals surface area contributed by atoms with Crippen molar-refractivity contribution in [3.63, 3.8) is 0 Å². The molecule has 220 valence electrons. The van der Waals surface area contributed by atoms with Gasteiger partial charge in [0.2, 0.25) is 5.91 Å². The number of quaternary nitrogens is 1. The van der Waals surface area contributed by atoms with Crippen LogP contribution in [-0.4, -0.2) is 62.2 Å². The molecular formula is C29H60N2O5P+. The number of nitrogens with zero attached hydrogens (tertiary/aromatic N) is 1.